The number of aryl methyl sites for hydroxylation is 2. The van der Waals surface area contributed by atoms with Gasteiger partial charge in [-0.05, 0) is 56.2 Å². The third-order valence-corrected chi connectivity index (χ3v) is 3.92. The molecule has 138 valence electrons. The average molecular weight is 384 g/mol. The van der Waals surface area contributed by atoms with Crippen LogP contribution < -0.4 is 16.0 Å². The molecular weight excluding hydrogens is 357 g/mol. The Labute approximate surface area is 162 Å². The number of nitrogens with zero attached hydrogens (tertiary/aromatic N) is 1. The van der Waals surface area contributed by atoms with Gasteiger partial charge < -0.3 is 16.0 Å². The molecule has 0 aliphatic carbocycles. The summed E-state index contributed by atoms with van der Waals surface area (Å²) in [5.41, 5.74) is 10.4. The van der Waals surface area contributed by atoms with Crippen LogP contribution in [0.4, 0.5) is 11.4 Å². The number of nitrogen functional groups attached to an aromatic ring is 1. The molecule has 0 radical (unpaired) electrons. The lowest BCUT2D eigenvalue weighted by molar-refractivity contribution is 0.0954. The Bertz CT molecular complexity index is 692. The first-order valence-electron chi connectivity index (χ1n) is 7.97. The van der Waals surface area contributed by atoms with Crippen LogP contribution in [-0.2, 0) is 0 Å². The SMILES string of the molecule is CCN(CCNC(=O)c1cc(N)ccc1C)c1cccc(C)c1.Cl.Cl. The highest BCUT2D eigenvalue weighted by Crippen LogP contribution is 2.15. The summed E-state index contributed by atoms with van der Waals surface area (Å²) in [7, 11) is 0. The molecule has 25 heavy (non-hydrogen) atoms. The zero-order valence-corrected chi connectivity index (χ0v) is 16.5. The number of nitrogens with two attached hydrogens (primary N) is 1. The minimum atomic E-state index is -0.0740. The lowest BCUT2D eigenvalue weighted by atomic mass is 10.1. The van der Waals surface area contributed by atoms with Crippen LogP contribution in [0.3, 0.4) is 0 Å². The van der Waals surface area contributed by atoms with Gasteiger partial charge in [0, 0.05) is 36.6 Å². The second-order valence-electron chi connectivity index (χ2n) is 5.75. The fraction of sp³-hybridized carbons (Fsp3) is 0.316. The third-order valence-electron chi connectivity index (χ3n) is 3.92. The Morgan fingerprint density at radius 1 is 1.12 bits per heavy atom. The van der Waals surface area contributed by atoms with Crippen molar-refractivity contribution in [1.29, 1.82) is 0 Å². The first-order chi connectivity index (χ1) is 11.0. The minimum absolute atomic E-state index is 0. The highest BCUT2D eigenvalue weighted by Gasteiger charge is 2.10. The van der Waals surface area contributed by atoms with Crippen LogP contribution in [0.1, 0.15) is 28.4 Å². The Morgan fingerprint density at radius 2 is 1.84 bits per heavy atom. The van der Waals surface area contributed by atoms with E-state index in [-0.39, 0.29) is 30.7 Å². The number of halogens is 2. The van der Waals surface area contributed by atoms with Crippen molar-refractivity contribution < 1.29 is 4.79 Å². The van der Waals surface area contributed by atoms with E-state index in [0.717, 1.165) is 18.7 Å². The van der Waals surface area contributed by atoms with Gasteiger partial charge in [-0.2, -0.15) is 0 Å². The monoisotopic (exact) mass is 383 g/mol. The molecule has 3 N–H and O–H groups in total. The Hall–Kier alpha value is -1.91. The number of carbonyl (C=O) groups is 1. The van der Waals surface area contributed by atoms with E-state index in [2.05, 4.69) is 48.3 Å². The summed E-state index contributed by atoms with van der Waals surface area (Å²) < 4.78 is 0. The fourth-order valence-corrected chi connectivity index (χ4v) is 2.58. The zero-order chi connectivity index (χ0) is 16.8. The van der Waals surface area contributed by atoms with Gasteiger partial charge in [-0.1, -0.05) is 18.2 Å². The van der Waals surface area contributed by atoms with Gasteiger partial charge in [0.25, 0.3) is 5.91 Å². The van der Waals surface area contributed by atoms with Gasteiger partial charge >= 0.3 is 0 Å². The topological polar surface area (TPSA) is 58.4 Å². The summed E-state index contributed by atoms with van der Waals surface area (Å²) in [6.07, 6.45) is 0. The zero-order valence-electron chi connectivity index (χ0n) is 14.9. The van der Waals surface area contributed by atoms with Gasteiger partial charge in [0.15, 0.2) is 0 Å². The van der Waals surface area contributed by atoms with Crippen molar-refractivity contribution in [1.82, 2.24) is 5.32 Å². The quantitative estimate of drug-likeness (QED) is 0.741. The smallest absolute Gasteiger partial charge is 0.251 e. The van der Waals surface area contributed by atoms with Crippen LogP contribution in [0.2, 0.25) is 0 Å². The number of benzene rings is 2. The van der Waals surface area contributed by atoms with Crippen molar-refractivity contribution in [3.63, 3.8) is 0 Å². The second-order valence-corrected chi connectivity index (χ2v) is 5.75. The van der Waals surface area contributed by atoms with Gasteiger partial charge in [-0.15, -0.1) is 24.8 Å². The predicted molar refractivity (Wildman–Crippen MR) is 111 cm³/mol. The molecule has 0 aliphatic rings. The summed E-state index contributed by atoms with van der Waals surface area (Å²) in [4.78, 5) is 14.5. The van der Waals surface area contributed by atoms with Gasteiger partial charge in [0.1, 0.15) is 0 Å². The van der Waals surface area contributed by atoms with Gasteiger partial charge in [0.05, 0.1) is 0 Å². The van der Waals surface area contributed by atoms with Crippen LogP contribution in [-0.4, -0.2) is 25.5 Å². The number of nitrogens with one attached hydrogen (secondary N) is 1. The summed E-state index contributed by atoms with van der Waals surface area (Å²) in [6.45, 7) is 8.38. The molecule has 0 saturated carbocycles. The first kappa shape index (κ1) is 23.1. The summed E-state index contributed by atoms with van der Waals surface area (Å²) in [5.74, 6) is -0.0740. The third kappa shape index (κ3) is 6.48. The Morgan fingerprint density at radius 3 is 2.48 bits per heavy atom. The summed E-state index contributed by atoms with van der Waals surface area (Å²) in [6, 6.07) is 13.8. The predicted octanol–water partition coefficient (Wildman–Crippen LogP) is 3.99. The number of rotatable bonds is 6. The standard InChI is InChI=1S/C19H25N3O.2ClH/c1-4-22(17-7-5-6-14(2)12-17)11-10-21-19(23)18-13-16(20)9-8-15(18)3;;/h5-9,12-13H,4,10-11,20H2,1-3H3,(H,21,23);2*1H. The van der Waals surface area contributed by atoms with E-state index in [9.17, 15) is 4.79 Å². The molecule has 0 aromatic heterocycles. The highest BCUT2D eigenvalue weighted by molar-refractivity contribution is 5.96. The molecule has 0 unspecified atom stereocenters. The van der Waals surface area contributed by atoms with E-state index in [1.807, 2.05) is 19.1 Å². The van der Waals surface area contributed by atoms with Crippen molar-refractivity contribution in [2.24, 2.45) is 0 Å². The van der Waals surface area contributed by atoms with Crippen molar-refractivity contribution in [2.75, 3.05) is 30.3 Å². The molecule has 4 nitrogen and oxygen atoms in total. The molecule has 2 aromatic rings. The van der Waals surface area contributed by atoms with Crippen LogP contribution in [0, 0.1) is 13.8 Å². The maximum absolute atomic E-state index is 12.3. The summed E-state index contributed by atoms with van der Waals surface area (Å²) >= 11 is 0. The molecular formula is C19H27Cl2N3O. The van der Waals surface area contributed by atoms with E-state index < -0.39 is 0 Å². The molecule has 0 bridgehead atoms. The number of anilines is 2. The first-order valence-corrected chi connectivity index (χ1v) is 7.97. The molecule has 0 spiro atoms. The lowest BCUT2D eigenvalue weighted by Gasteiger charge is -2.23. The Balaban J connectivity index is 0.00000288. The molecule has 0 saturated heterocycles. The number of likely N-dealkylation sites (N-methyl/N-ethyl adjacent to an activating group) is 1. The molecule has 2 rings (SSSR count). The van der Waals surface area contributed by atoms with E-state index in [4.69, 9.17) is 5.73 Å². The van der Waals surface area contributed by atoms with Crippen LogP contribution in [0.15, 0.2) is 42.5 Å². The number of hydrogen-bond donors (Lipinski definition) is 2. The molecule has 0 fully saturated rings. The molecule has 0 aliphatic heterocycles. The minimum Gasteiger partial charge on any atom is -0.399 e. The van der Waals surface area contributed by atoms with Crippen molar-refractivity contribution >= 4 is 42.1 Å². The molecule has 6 heteroatoms. The van der Waals surface area contributed by atoms with Crippen molar-refractivity contribution in [2.45, 2.75) is 20.8 Å². The number of amides is 1. The van der Waals surface area contributed by atoms with Gasteiger partial charge in [-0.3, -0.25) is 4.79 Å². The largest absolute Gasteiger partial charge is 0.399 e. The van der Waals surface area contributed by atoms with Crippen molar-refractivity contribution in [3.8, 4) is 0 Å². The van der Waals surface area contributed by atoms with Crippen LogP contribution in [0.5, 0.6) is 0 Å². The van der Waals surface area contributed by atoms with Gasteiger partial charge in [-0.25, -0.2) is 0 Å². The molecule has 0 heterocycles. The number of hydrogen-bond acceptors (Lipinski definition) is 3. The maximum atomic E-state index is 12.3. The summed E-state index contributed by atoms with van der Waals surface area (Å²) in [5, 5.41) is 2.98. The van der Waals surface area contributed by atoms with E-state index in [1.54, 1.807) is 6.07 Å². The number of carbonyl (C=O) groups excluding carboxylic acids is 1. The molecule has 1 amide bonds. The lowest BCUT2D eigenvalue weighted by Crippen LogP contribution is -2.35. The average Bonchev–Trinajstić information content (AvgIpc) is 2.53. The van der Waals surface area contributed by atoms with Crippen LogP contribution >= 0.6 is 24.8 Å². The van der Waals surface area contributed by atoms with Gasteiger partial charge in [0.2, 0.25) is 0 Å². The van der Waals surface area contributed by atoms with Crippen molar-refractivity contribution in [3.05, 3.63) is 59.2 Å². The Kier molecular flexibility index (Phi) is 10.0. The van der Waals surface area contributed by atoms with E-state index in [0.29, 0.717) is 17.8 Å². The van der Waals surface area contributed by atoms with E-state index in [1.165, 1.54) is 11.3 Å². The van der Waals surface area contributed by atoms with E-state index >= 15 is 0 Å². The highest BCUT2D eigenvalue weighted by atomic mass is 35.5. The normalized spacial score (nSPS) is 9.56. The molecule has 2 aromatic carbocycles. The van der Waals surface area contributed by atoms with Crippen LogP contribution in [0.25, 0.3) is 0 Å². The molecule has 0 atom stereocenters. The maximum Gasteiger partial charge on any atom is 0.251 e. The fourth-order valence-electron chi connectivity index (χ4n) is 2.58. The second kappa shape index (κ2) is 10.9.